The van der Waals surface area contributed by atoms with Gasteiger partial charge in [0.05, 0.1) is 29.0 Å². The molecule has 1 fully saturated rings. The number of rotatable bonds is 13. The number of carbonyl (C=O) groups excluding carboxylic acids is 1. The van der Waals surface area contributed by atoms with E-state index in [1.54, 1.807) is 0 Å². The van der Waals surface area contributed by atoms with E-state index in [0.717, 1.165) is 75.6 Å². The van der Waals surface area contributed by atoms with Crippen LogP contribution in [0.1, 0.15) is 52.1 Å². The molecule has 1 saturated carbocycles. The first-order valence-corrected chi connectivity index (χ1v) is 22.0. The summed E-state index contributed by atoms with van der Waals surface area (Å²) in [7, 11) is -1.30. The summed E-state index contributed by atoms with van der Waals surface area (Å²) in [6.07, 6.45) is 4.99. The summed E-state index contributed by atoms with van der Waals surface area (Å²) < 4.78 is 8.33. The van der Waals surface area contributed by atoms with Crippen molar-refractivity contribution < 1.29 is 9.53 Å². The molecule has 1 aliphatic carbocycles. The van der Waals surface area contributed by atoms with Crippen molar-refractivity contribution in [3.63, 3.8) is 0 Å². The van der Waals surface area contributed by atoms with Crippen molar-refractivity contribution in [2.24, 2.45) is 4.99 Å². The minimum Gasteiger partial charge on any atom is -0.361 e. The molecule has 0 radical (unpaired) electrons. The van der Waals surface area contributed by atoms with Crippen molar-refractivity contribution in [2.45, 2.75) is 71.2 Å². The summed E-state index contributed by atoms with van der Waals surface area (Å²) >= 11 is 0. The summed E-state index contributed by atoms with van der Waals surface area (Å²) in [6, 6.07) is 40.1. The Labute approximate surface area is 308 Å². The van der Waals surface area contributed by atoms with Crippen molar-refractivity contribution in [2.75, 3.05) is 6.61 Å². The molecule has 3 aromatic heterocycles. The van der Waals surface area contributed by atoms with Crippen LogP contribution < -0.4 is 0 Å². The molecule has 7 nitrogen and oxygen atoms in total. The lowest BCUT2D eigenvalue weighted by atomic mass is 9.91. The number of amides is 1. The van der Waals surface area contributed by atoms with Gasteiger partial charge in [-0.3, -0.25) is 9.78 Å². The molecule has 0 atom stereocenters. The highest BCUT2D eigenvalue weighted by Crippen LogP contribution is 2.32. The highest BCUT2D eigenvalue weighted by molar-refractivity contribution is 6.76. The first-order chi connectivity index (χ1) is 25.2. The molecule has 0 unspecified atom stereocenters. The van der Waals surface area contributed by atoms with Gasteiger partial charge < -0.3 is 14.2 Å². The topological polar surface area (TPSA) is 72.6 Å². The summed E-state index contributed by atoms with van der Waals surface area (Å²) in [6.45, 7) is 10.5. The van der Waals surface area contributed by atoms with Crippen LogP contribution in [0.25, 0.3) is 22.2 Å². The fraction of sp³-hybridized carbons (Fsp3) is 0.273. The third-order valence-corrected chi connectivity index (χ3v) is 11.5. The van der Waals surface area contributed by atoms with Crippen LogP contribution >= 0.6 is 0 Å². The fourth-order valence-electron chi connectivity index (χ4n) is 6.53. The van der Waals surface area contributed by atoms with Crippen molar-refractivity contribution in [3.8, 4) is 11.1 Å². The molecule has 0 saturated heterocycles. The zero-order chi connectivity index (χ0) is 36.1. The van der Waals surface area contributed by atoms with E-state index in [0.29, 0.717) is 24.7 Å². The molecule has 52 heavy (non-hydrogen) atoms. The molecule has 3 aromatic carbocycles. The minimum absolute atomic E-state index is 0.0256. The Morgan fingerprint density at radius 2 is 1.52 bits per heavy atom. The van der Waals surface area contributed by atoms with Crippen LogP contribution in [0.4, 0.5) is 5.82 Å². The highest BCUT2D eigenvalue weighted by atomic mass is 28.3. The number of carbonyl (C=O) groups is 1. The van der Waals surface area contributed by atoms with Gasteiger partial charge in [-0.1, -0.05) is 117 Å². The maximum Gasteiger partial charge on any atom is 0.271 e. The number of pyridine rings is 2. The van der Waals surface area contributed by atoms with E-state index in [-0.39, 0.29) is 18.7 Å². The predicted molar refractivity (Wildman–Crippen MR) is 214 cm³/mol. The SMILES string of the molecule is Cc1cc2c(cc(C(=O)N(Cc3ccc(-c4ccccc4)cn3)C3CCC3)n2COCC[Si](C)(C)C)nc1N=C(c1ccccc1)c1ccccc1. The van der Waals surface area contributed by atoms with Gasteiger partial charge in [-0.15, -0.1) is 0 Å². The zero-order valence-corrected chi connectivity index (χ0v) is 31.6. The summed E-state index contributed by atoms with van der Waals surface area (Å²) in [5, 5.41) is 0. The third-order valence-electron chi connectivity index (χ3n) is 9.84. The first-order valence-electron chi connectivity index (χ1n) is 18.3. The Hall–Kier alpha value is -5.18. The van der Waals surface area contributed by atoms with Gasteiger partial charge in [-0.2, -0.15) is 0 Å². The molecular formula is C44H47N5O2Si. The smallest absolute Gasteiger partial charge is 0.271 e. The van der Waals surface area contributed by atoms with E-state index in [4.69, 9.17) is 19.7 Å². The van der Waals surface area contributed by atoms with Gasteiger partial charge in [0.25, 0.3) is 5.91 Å². The Balaban J connectivity index is 1.26. The highest BCUT2D eigenvalue weighted by Gasteiger charge is 2.32. The molecule has 0 aliphatic heterocycles. The third kappa shape index (κ3) is 8.14. The largest absolute Gasteiger partial charge is 0.361 e. The number of hydrogen-bond donors (Lipinski definition) is 0. The second kappa shape index (κ2) is 15.6. The van der Waals surface area contributed by atoms with E-state index in [1.807, 2.05) is 89.3 Å². The second-order valence-corrected chi connectivity index (χ2v) is 20.6. The average Bonchev–Trinajstić information content (AvgIpc) is 3.48. The molecule has 7 rings (SSSR count). The summed E-state index contributed by atoms with van der Waals surface area (Å²) in [5.74, 6) is 0.604. The van der Waals surface area contributed by atoms with Crippen LogP contribution in [0, 0.1) is 6.92 Å². The Bertz CT molecular complexity index is 2110. The van der Waals surface area contributed by atoms with Crippen LogP contribution in [0.15, 0.2) is 126 Å². The number of ether oxygens (including phenoxy) is 1. The van der Waals surface area contributed by atoms with Gasteiger partial charge in [0.2, 0.25) is 0 Å². The van der Waals surface area contributed by atoms with Crippen molar-refractivity contribution in [1.82, 2.24) is 19.4 Å². The van der Waals surface area contributed by atoms with E-state index >= 15 is 0 Å². The second-order valence-electron chi connectivity index (χ2n) is 15.0. The fourth-order valence-corrected chi connectivity index (χ4v) is 7.28. The molecule has 0 bridgehead atoms. The van der Waals surface area contributed by atoms with E-state index in [2.05, 4.69) is 68.2 Å². The molecule has 0 N–H and O–H groups in total. The number of aliphatic imine (C=N–C) groups is 1. The Kier molecular flexibility index (Phi) is 10.6. The number of fused-ring (bicyclic) bond motifs is 1. The standard InChI is InChI=1S/C44H47N5O2Si/c1-32-27-40-39(46-43(32)47-42(34-17-10-6-11-18-34)35-19-12-7-13-20-35)28-41(49(40)31-51-25-26-52(2,3)4)44(50)48(38-21-14-22-38)30-37-24-23-36(29-45-37)33-15-8-5-9-16-33/h5-13,15-20,23-24,27-29,38H,14,21-22,25-26,30-31H2,1-4H3. The molecule has 6 aromatic rings. The van der Waals surface area contributed by atoms with Crippen LogP contribution in [0.3, 0.4) is 0 Å². The van der Waals surface area contributed by atoms with Gasteiger partial charge in [0, 0.05) is 43.6 Å². The normalized spacial score (nSPS) is 13.2. The predicted octanol–water partition coefficient (Wildman–Crippen LogP) is 10.1. The summed E-state index contributed by atoms with van der Waals surface area (Å²) in [4.78, 5) is 31.9. The number of benzene rings is 3. The lowest BCUT2D eigenvalue weighted by Gasteiger charge is -2.37. The number of aryl methyl sites for hydroxylation is 1. The molecular weight excluding hydrogens is 659 g/mol. The van der Waals surface area contributed by atoms with Crippen LogP contribution in [0.2, 0.25) is 25.7 Å². The Morgan fingerprint density at radius 3 is 2.10 bits per heavy atom. The number of aromatic nitrogens is 3. The average molecular weight is 706 g/mol. The van der Waals surface area contributed by atoms with Gasteiger partial charge in [0.15, 0.2) is 5.82 Å². The van der Waals surface area contributed by atoms with Crippen LogP contribution in [-0.2, 0) is 18.0 Å². The molecule has 1 aliphatic rings. The molecule has 0 spiro atoms. The van der Waals surface area contributed by atoms with Crippen molar-refractivity contribution >= 4 is 36.5 Å². The minimum atomic E-state index is -1.30. The van der Waals surface area contributed by atoms with Gasteiger partial charge in [-0.05, 0) is 61.6 Å². The van der Waals surface area contributed by atoms with E-state index < -0.39 is 8.07 Å². The van der Waals surface area contributed by atoms with E-state index in [9.17, 15) is 4.79 Å². The summed E-state index contributed by atoms with van der Waals surface area (Å²) in [5.41, 5.74) is 9.03. The van der Waals surface area contributed by atoms with Crippen molar-refractivity contribution in [1.29, 1.82) is 0 Å². The maximum absolute atomic E-state index is 14.7. The zero-order valence-electron chi connectivity index (χ0n) is 30.6. The lowest BCUT2D eigenvalue weighted by molar-refractivity contribution is 0.0508. The first kappa shape index (κ1) is 35.2. The molecule has 8 heteroatoms. The lowest BCUT2D eigenvalue weighted by Crippen LogP contribution is -2.44. The van der Waals surface area contributed by atoms with Gasteiger partial charge in [0.1, 0.15) is 12.4 Å². The number of nitrogens with zero attached hydrogens (tertiary/aromatic N) is 5. The van der Waals surface area contributed by atoms with E-state index in [1.165, 1.54) is 0 Å². The van der Waals surface area contributed by atoms with Gasteiger partial charge >= 0.3 is 0 Å². The Morgan fingerprint density at radius 1 is 0.865 bits per heavy atom. The van der Waals surface area contributed by atoms with Crippen molar-refractivity contribution in [3.05, 3.63) is 150 Å². The van der Waals surface area contributed by atoms with Gasteiger partial charge in [-0.25, -0.2) is 9.98 Å². The quantitative estimate of drug-likeness (QED) is 0.0681. The monoisotopic (exact) mass is 705 g/mol. The molecule has 1 amide bonds. The molecule has 3 heterocycles. The van der Waals surface area contributed by atoms with Crippen LogP contribution in [-0.4, -0.2) is 51.8 Å². The number of hydrogen-bond acceptors (Lipinski definition) is 5. The van der Waals surface area contributed by atoms with Crippen LogP contribution in [0.5, 0.6) is 0 Å². The molecule has 264 valence electrons. The maximum atomic E-state index is 14.7.